The summed E-state index contributed by atoms with van der Waals surface area (Å²) in [5.41, 5.74) is 5.67. The molecule has 2 atom stereocenters. The molecular weight excluding hydrogens is 168 g/mol. The Morgan fingerprint density at radius 1 is 1.67 bits per heavy atom. The van der Waals surface area contributed by atoms with Crippen molar-refractivity contribution in [2.24, 2.45) is 16.6 Å². The van der Waals surface area contributed by atoms with Gasteiger partial charge in [-0.1, -0.05) is 38.5 Å². The Morgan fingerprint density at radius 3 is 3.08 bits per heavy atom. The summed E-state index contributed by atoms with van der Waals surface area (Å²) in [6.07, 6.45) is 3.74. The van der Waals surface area contributed by atoms with Crippen molar-refractivity contribution < 1.29 is 0 Å². The van der Waals surface area contributed by atoms with E-state index in [4.69, 9.17) is 5.73 Å². The Labute approximate surface area is 79.0 Å². The fourth-order valence-corrected chi connectivity index (χ4v) is 2.28. The van der Waals surface area contributed by atoms with E-state index in [1.54, 1.807) is 11.8 Å². The van der Waals surface area contributed by atoms with Crippen LogP contribution in [0.15, 0.2) is 4.99 Å². The van der Waals surface area contributed by atoms with Gasteiger partial charge in [0.1, 0.15) is 0 Å². The van der Waals surface area contributed by atoms with Gasteiger partial charge in [0.05, 0.1) is 6.04 Å². The first-order valence-electron chi connectivity index (χ1n) is 4.70. The SMILES string of the molecule is CCCCC1N=C(N)SCC1C. The van der Waals surface area contributed by atoms with Gasteiger partial charge in [-0.25, -0.2) is 0 Å². The summed E-state index contributed by atoms with van der Waals surface area (Å²) >= 11 is 1.69. The molecular formula is C9H18N2S. The predicted octanol–water partition coefficient (Wildman–Crippen LogP) is 2.24. The topological polar surface area (TPSA) is 38.4 Å². The maximum absolute atomic E-state index is 5.67. The van der Waals surface area contributed by atoms with Crippen LogP contribution < -0.4 is 5.73 Å². The fraction of sp³-hybridized carbons (Fsp3) is 0.889. The quantitative estimate of drug-likeness (QED) is 0.734. The molecule has 0 fully saturated rings. The molecule has 1 aliphatic rings. The van der Waals surface area contributed by atoms with Gasteiger partial charge in [-0.2, -0.15) is 0 Å². The van der Waals surface area contributed by atoms with E-state index in [1.165, 1.54) is 19.3 Å². The maximum Gasteiger partial charge on any atom is 0.154 e. The molecule has 1 rings (SSSR count). The van der Waals surface area contributed by atoms with Crippen LogP contribution in [0.1, 0.15) is 33.1 Å². The van der Waals surface area contributed by atoms with E-state index < -0.39 is 0 Å². The number of thioether (sulfide) groups is 1. The Balaban J connectivity index is 2.43. The lowest BCUT2D eigenvalue weighted by atomic mass is 9.99. The molecule has 0 saturated heterocycles. The minimum absolute atomic E-state index is 0.492. The largest absolute Gasteiger partial charge is 0.379 e. The lowest BCUT2D eigenvalue weighted by Crippen LogP contribution is -2.27. The van der Waals surface area contributed by atoms with Crippen molar-refractivity contribution in [1.29, 1.82) is 0 Å². The zero-order valence-electron chi connectivity index (χ0n) is 7.92. The van der Waals surface area contributed by atoms with E-state index in [9.17, 15) is 0 Å². The molecule has 0 aromatic rings. The number of rotatable bonds is 3. The molecule has 0 radical (unpaired) electrons. The monoisotopic (exact) mass is 186 g/mol. The minimum atomic E-state index is 0.492. The van der Waals surface area contributed by atoms with Crippen LogP contribution in [0.3, 0.4) is 0 Å². The molecule has 0 aromatic heterocycles. The van der Waals surface area contributed by atoms with Crippen LogP contribution in [0, 0.1) is 5.92 Å². The smallest absolute Gasteiger partial charge is 0.154 e. The summed E-state index contributed by atoms with van der Waals surface area (Å²) in [5, 5.41) is 0.786. The second kappa shape index (κ2) is 4.75. The molecule has 3 heteroatoms. The van der Waals surface area contributed by atoms with Crippen LogP contribution >= 0.6 is 11.8 Å². The van der Waals surface area contributed by atoms with Crippen LogP contribution in [0.25, 0.3) is 0 Å². The average Bonchev–Trinajstić information content (AvgIpc) is 2.07. The van der Waals surface area contributed by atoms with Crippen molar-refractivity contribution in [2.45, 2.75) is 39.2 Å². The Bertz CT molecular complexity index is 168. The number of hydrogen-bond donors (Lipinski definition) is 1. The van der Waals surface area contributed by atoms with Crippen molar-refractivity contribution in [2.75, 3.05) is 5.75 Å². The minimum Gasteiger partial charge on any atom is -0.379 e. The summed E-state index contributed by atoms with van der Waals surface area (Å²) in [5.74, 6) is 1.85. The summed E-state index contributed by atoms with van der Waals surface area (Å²) in [6, 6.07) is 0.492. The molecule has 0 bridgehead atoms. The highest BCUT2D eigenvalue weighted by Gasteiger charge is 2.20. The Kier molecular flexibility index (Phi) is 3.92. The normalized spacial score (nSPS) is 30.0. The molecule has 12 heavy (non-hydrogen) atoms. The number of unbranched alkanes of at least 4 members (excludes halogenated alkanes) is 1. The third-order valence-electron chi connectivity index (χ3n) is 2.30. The molecule has 0 aliphatic carbocycles. The molecule has 1 aliphatic heterocycles. The van der Waals surface area contributed by atoms with Gasteiger partial charge in [0.2, 0.25) is 0 Å². The van der Waals surface area contributed by atoms with Crippen molar-refractivity contribution in [3.63, 3.8) is 0 Å². The summed E-state index contributed by atoms with van der Waals surface area (Å²) in [6.45, 7) is 4.48. The number of nitrogens with two attached hydrogens (primary N) is 1. The van der Waals surface area contributed by atoms with Crippen molar-refractivity contribution in [3.8, 4) is 0 Å². The molecule has 2 unspecified atom stereocenters. The molecule has 0 saturated carbocycles. The van der Waals surface area contributed by atoms with E-state index in [-0.39, 0.29) is 0 Å². The van der Waals surface area contributed by atoms with Gasteiger partial charge in [-0.05, 0) is 12.3 Å². The van der Waals surface area contributed by atoms with Crippen LogP contribution in [0.2, 0.25) is 0 Å². The molecule has 0 spiro atoms. The van der Waals surface area contributed by atoms with E-state index in [0.29, 0.717) is 12.0 Å². The standard InChI is InChI=1S/C9H18N2S/c1-3-4-5-8-7(2)6-12-9(10)11-8/h7-8H,3-6H2,1-2H3,(H2,10,11). The zero-order valence-corrected chi connectivity index (χ0v) is 8.73. The van der Waals surface area contributed by atoms with Gasteiger partial charge in [0, 0.05) is 5.75 Å². The van der Waals surface area contributed by atoms with Crippen molar-refractivity contribution >= 4 is 16.9 Å². The Hall–Kier alpha value is -0.180. The highest BCUT2D eigenvalue weighted by atomic mass is 32.2. The lowest BCUT2D eigenvalue weighted by Gasteiger charge is -2.24. The summed E-state index contributed by atoms with van der Waals surface area (Å²) in [7, 11) is 0. The first-order valence-corrected chi connectivity index (χ1v) is 5.68. The van der Waals surface area contributed by atoms with E-state index in [0.717, 1.165) is 10.9 Å². The number of amidine groups is 1. The van der Waals surface area contributed by atoms with Gasteiger partial charge in [0.25, 0.3) is 0 Å². The third-order valence-corrected chi connectivity index (χ3v) is 3.39. The highest BCUT2D eigenvalue weighted by Crippen LogP contribution is 2.24. The van der Waals surface area contributed by atoms with Crippen LogP contribution in [-0.4, -0.2) is 17.0 Å². The molecule has 2 nitrogen and oxygen atoms in total. The summed E-state index contributed by atoms with van der Waals surface area (Å²) in [4.78, 5) is 4.46. The second-order valence-corrected chi connectivity index (χ2v) is 4.51. The molecule has 0 aromatic carbocycles. The number of nitrogens with zero attached hydrogens (tertiary/aromatic N) is 1. The lowest BCUT2D eigenvalue weighted by molar-refractivity contribution is 0.455. The van der Waals surface area contributed by atoms with Gasteiger partial charge < -0.3 is 5.73 Å². The fourth-order valence-electron chi connectivity index (χ4n) is 1.42. The zero-order chi connectivity index (χ0) is 8.97. The second-order valence-electron chi connectivity index (χ2n) is 3.47. The third kappa shape index (κ3) is 2.70. The Morgan fingerprint density at radius 2 is 2.42 bits per heavy atom. The first-order chi connectivity index (χ1) is 5.74. The van der Waals surface area contributed by atoms with Gasteiger partial charge in [-0.15, -0.1) is 0 Å². The molecule has 70 valence electrons. The van der Waals surface area contributed by atoms with E-state index in [2.05, 4.69) is 18.8 Å². The molecule has 2 N–H and O–H groups in total. The molecule has 1 heterocycles. The number of aliphatic imine (C=N–C) groups is 1. The van der Waals surface area contributed by atoms with Gasteiger partial charge in [-0.3, -0.25) is 4.99 Å². The van der Waals surface area contributed by atoms with Crippen molar-refractivity contribution in [1.82, 2.24) is 0 Å². The van der Waals surface area contributed by atoms with Crippen LogP contribution in [0.5, 0.6) is 0 Å². The molecule has 0 amide bonds. The van der Waals surface area contributed by atoms with E-state index >= 15 is 0 Å². The van der Waals surface area contributed by atoms with Crippen molar-refractivity contribution in [3.05, 3.63) is 0 Å². The highest BCUT2D eigenvalue weighted by molar-refractivity contribution is 8.13. The van der Waals surface area contributed by atoms with Crippen LogP contribution in [0.4, 0.5) is 0 Å². The number of hydrogen-bond acceptors (Lipinski definition) is 3. The van der Waals surface area contributed by atoms with Gasteiger partial charge >= 0.3 is 0 Å². The van der Waals surface area contributed by atoms with E-state index in [1.807, 2.05) is 0 Å². The predicted molar refractivity (Wildman–Crippen MR) is 56.6 cm³/mol. The van der Waals surface area contributed by atoms with Gasteiger partial charge in [0.15, 0.2) is 5.17 Å². The summed E-state index contributed by atoms with van der Waals surface area (Å²) < 4.78 is 0. The average molecular weight is 186 g/mol. The van der Waals surface area contributed by atoms with Crippen LogP contribution in [-0.2, 0) is 0 Å². The maximum atomic E-state index is 5.67. The first kappa shape index (κ1) is 9.90.